The Bertz CT molecular complexity index is 548. The second-order valence-electron chi connectivity index (χ2n) is 4.08. The van der Waals surface area contributed by atoms with E-state index in [1.54, 1.807) is 13.0 Å². The zero-order valence-electron chi connectivity index (χ0n) is 11.5. The molecule has 0 aliphatic rings. The van der Waals surface area contributed by atoms with E-state index < -0.39 is 11.8 Å². The summed E-state index contributed by atoms with van der Waals surface area (Å²) in [7, 11) is 0. The van der Waals surface area contributed by atoms with E-state index >= 15 is 0 Å². The molecule has 8 heteroatoms. The number of nitrogens with one attached hydrogen (secondary N) is 3. The predicted octanol–water partition coefficient (Wildman–Crippen LogP) is 0.103. The third-order valence-corrected chi connectivity index (χ3v) is 2.70. The minimum atomic E-state index is -0.468. The Morgan fingerprint density at radius 3 is 2.52 bits per heavy atom. The summed E-state index contributed by atoms with van der Waals surface area (Å²) in [6.45, 7) is 1.81. The summed E-state index contributed by atoms with van der Waals surface area (Å²) in [5, 5.41) is 7.88. The number of hydrogen-bond acceptors (Lipinski definition) is 4. The van der Waals surface area contributed by atoms with Crippen molar-refractivity contribution >= 4 is 35.0 Å². The molecular weight excluding hydrogens is 296 g/mol. The Hall–Kier alpha value is -2.12. The minimum absolute atomic E-state index is 0.196. The first-order chi connectivity index (χ1) is 9.97. The van der Waals surface area contributed by atoms with Crippen LogP contribution in [0.5, 0.6) is 0 Å². The van der Waals surface area contributed by atoms with Crippen LogP contribution in [0.25, 0.3) is 0 Å². The van der Waals surface area contributed by atoms with E-state index in [0.29, 0.717) is 17.3 Å². The van der Waals surface area contributed by atoms with Gasteiger partial charge in [0.1, 0.15) is 0 Å². The van der Waals surface area contributed by atoms with Crippen molar-refractivity contribution in [3.63, 3.8) is 0 Å². The van der Waals surface area contributed by atoms with Gasteiger partial charge in [-0.15, -0.1) is 0 Å². The first-order valence-electron chi connectivity index (χ1n) is 6.32. The predicted molar refractivity (Wildman–Crippen MR) is 80.2 cm³/mol. The summed E-state index contributed by atoms with van der Waals surface area (Å²) in [6.07, 6.45) is 0. The Morgan fingerprint density at radius 2 is 1.90 bits per heavy atom. The van der Waals surface area contributed by atoms with Crippen molar-refractivity contribution in [1.82, 2.24) is 10.6 Å². The van der Waals surface area contributed by atoms with Crippen molar-refractivity contribution < 1.29 is 14.4 Å². The van der Waals surface area contributed by atoms with Crippen LogP contribution in [-0.4, -0.2) is 37.4 Å². The van der Waals surface area contributed by atoms with Gasteiger partial charge in [0.15, 0.2) is 0 Å². The lowest BCUT2D eigenvalue weighted by atomic mass is 10.1. The molecule has 0 bridgehead atoms. The van der Waals surface area contributed by atoms with E-state index in [0.717, 1.165) is 0 Å². The van der Waals surface area contributed by atoms with Crippen molar-refractivity contribution in [2.75, 3.05) is 25.0 Å². The van der Waals surface area contributed by atoms with Gasteiger partial charge >= 0.3 is 0 Å². The lowest BCUT2D eigenvalue weighted by Gasteiger charge is -2.11. The van der Waals surface area contributed by atoms with E-state index in [2.05, 4.69) is 16.0 Å². The average molecular weight is 313 g/mol. The van der Waals surface area contributed by atoms with Crippen molar-refractivity contribution in [1.29, 1.82) is 0 Å². The van der Waals surface area contributed by atoms with Gasteiger partial charge in [0.2, 0.25) is 11.8 Å². The number of carbonyl (C=O) groups excluding carboxylic acids is 3. The number of carbonyl (C=O) groups is 3. The van der Waals surface area contributed by atoms with Crippen LogP contribution in [0.4, 0.5) is 5.69 Å². The lowest BCUT2D eigenvalue weighted by molar-refractivity contribution is -0.123. The van der Waals surface area contributed by atoms with Crippen LogP contribution >= 0.6 is 11.6 Å². The molecule has 0 aliphatic heterocycles. The Kier molecular flexibility index (Phi) is 6.64. The highest BCUT2D eigenvalue weighted by Crippen LogP contribution is 2.20. The number of hydrogen-bond donors (Lipinski definition) is 4. The summed E-state index contributed by atoms with van der Waals surface area (Å²) in [5.41, 5.74) is 5.68. The molecule has 5 N–H and O–H groups in total. The summed E-state index contributed by atoms with van der Waals surface area (Å²) in [5.74, 6) is -1.25. The van der Waals surface area contributed by atoms with Crippen LogP contribution in [0.2, 0.25) is 5.02 Å². The van der Waals surface area contributed by atoms with Crippen LogP contribution in [0.3, 0.4) is 0 Å². The van der Waals surface area contributed by atoms with E-state index in [1.807, 2.05) is 0 Å². The molecule has 0 atom stereocenters. The van der Waals surface area contributed by atoms with E-state index in [4.69, 9.17) is 17.3 Å². The highest BCUT2D eigenvalue weighted by molar-refractivity contribution is 6.31. The van der Waals surface area contributed by atoms with Gasteiger partial charge in [0, 0.05) is 11.6 Å². The molecule has 21 heavy (non-hydrogen) atoms. The second kappa shape index (κ2) is 8.23. The van der Waals surface area contributed by atoms with Gasteiger partial charge in [0.25, 0.3) is 5.91 Å². The molecule has 1 aromatic carbocycles. The van der Waals surface area contributed by atoms with E-state index in [1.165, 1.54) is 12.1 Å². The van der Waals surface area contributed by atoms with Gasteiger partial charge < -0.3 is 21.7 Å². The molecule has 0 spiro atoms. The molecule has 0 aromatic heterocycles. The monoisotopic (exact) mass is 312 g/mol. The molecule has 1 aromatic rings. The van der Waals surface area contributed by atoms with Crippen LogP contribution in [-0.2, 0) is 9.59 Å². The fraction of sp³-hybridized carbons (Fsp3) is 0.308. The SMILES string of the molecule is CCNC(=O)c1cc(Cl)ccc1NC(=O)CNC(=O)CN. The maximum Gasteiger partial charge on any atom is 0.253 e. The minimum Gasteiger partial charge on any atom is -0.352 e. The van der Waals surface area contributed by atoms with Gasteiger partial charge in [-0.1, -0.05) is 11.6 Å². The first-order valence-corrected chi connectivity index (χ1v) is 6.70. The molecule has 1 rings (SSSR count). The highest BCUT2D eigenvalue weighted by Gasteiger charge is 2.14. The number of halogens is 1. The molecule has 114 valence electrons. The molecule has 0 saturated heterocycles. The lowest BCUT2D eigenvalue weighted by Crippen LogP contribution is -2.36. The quantitative estimate of drug-likeness (QED) is 0.596. The zero-order chi connectivity index (χ0) is 15.8. The number of benzene rings is 1. The second-order valence-corrected chi connectivity index (χ2v) is 4.51. The van der Waals surface area contributed by atoms with Crippen molar-refractivity contribution in [3.8, 4) is 0 Å². The van der Waals surface area contributed by atoms with E-state index in [9.17, 15) is 14.4 Å². The van der Waals surface area contributed by atoms with Crippen LogP contribution in [0.1, 0.15) is 17.3 Å². The van der Waals surface area contributed by atoms with Gasteiger partial charge in [-0.25, -0.2) is 0 Å². The first kappa shape index (κ1) is 16.9. The number of nitrogens with two attached hydrogens (primary N) is 1. The topological polar surface area (TPSA) is 113 Å². The summed E-state index contributed by atoms with van der Waals surface area (Å²) in [6, 6.07) is 4.54. The van der Waals surface area contributed by atoms with Gasteiger partial charge in [-0.05, 0) is 25.1 Å². The maximum absolute atomic E-state index is 11.9. The smallest absolute Gasteiger partial charge is 0.253 e. The fourth-order valence-corrected chi connectivity index (χ4v) is 1.69. The molecule has 0 saturated carbocycles. The van der Waals surface area contributed by atoms with Crippen LogP contribution < -0.4 is 21.7 Å². The maximum atomic E-state index is 11.9. The van der Waals surface area contributed by atoms with E-state index in [-0.39, 0.29) is 24.6 Å². The number of anilines is 1. The van der Waals surface area contributed by atoms with Crippen LogP contribution in [0.15, 0.2) is 18.2 Å². The molecule has 7 nitrogen and oxygen atoms in total. The Morgan fingerprint density at radius 1 is 1.19 bits per heavy atom. The molecule has 0 aliphatic carbocycles. The Balaban J connectivity index is 2.80. The number of rotatable bonds is 6. The standard InChI is InChI=1S/C13H17ClN4O3/c1-2-16-13(21)9-5-8(14)3-4-10(9)18-12(20)7-17-11(19)6-15/h3-5H,2,6-7,15H2,1H3,(H,16,21)(H,17,19)(H,18,20). The third kappa shape index (κ3) is 5.41. The summed E-state index contributed by atoms with van der Waals surface area (Å²) in [4.78, 5) is 34.6. The van der Waals surface area contributed by atoms with Gasteiger partial charge in [-0.3, -0.25) is 14.4 Å². The summed E-state index contributed by atoms with van der Waals surface area (Å²) >= 11 is 5.86. The molecule has 0 fully saturated rings. The molecule has 3 amide bonds. The molecule has 0 radical (unpaired) electrons. The molecule has 0 heterocycles. The van der Waals surface area contributed by atoms with Crippen LogP contribution in [0, 0.1) is 0 Å². The van der Waals surface area contributed by atoms with Gasteiger partial charge in [0.05, 0.1) is 24.3 Å². The fourth-order valence-electron chi connectivity index (χ4n) is 1.51. The highest BCUT2D eigenvalue weighted by atomic mass is 35.5. The summed E-state index contributed by atoms with van der Waals surface area (Å²) < 4.78 is 0. The third-order valence-electron chi connectivity index (χ3n) is 2.47. The van der Waals surface area contributed by atoms with Crippen molar-refractivity contribution in [2.24, 2.45) is 5.73 Å². The Labute approximate surface area is 127 Å². The normalized spacial score (nSPS) is 9.86. The molecular formula is C13H17ClN4O3. The average Bonchev–Trinajstić information content (AvgIpc) is 2.46. The van der Waals surface area contributed by atoms with Crippen molar-refractivity contribution in [3.05, 3.63) is 28.8 Å². The zero-order valence-corrected chi connectivity index (χ0v) is 12.3. The number of amides is 3. The van der Waals surface area contributed by atoms with Crippen molar-refractivity contribution in [2.45, 2.75) is 6.92 Å². The largest absolute Gasteiger partial charge is 0.352 e. The van der Waals surface area contributed by atoms with Gasteiger partial charge in [-0.2, -0.15) is 0 Å². The molecule has 0 unspecified atom stereocenters.